The molecule has 180 valence electrons. The molecule has 3 aliphatic heterocycles. The van der Waals surface area contributed by atoms with Crippen LogP contribution >= 0.6 is 0 Å². The summed E-state index contributed by atoms with van der Waals surface area (Å²) in [6, 6.07) is 12.0. The number of hydrogen-bond donors (Lipinski definition) is 2. The van der Waals surface area contributed by atoms with Gasteiger partial charge in [0, 0.05) is 5.69 Å². The van der Waals surface area contributed by atoms with Gasteiger partial charge in [-0.1, -0.05) is 37.3 Å². The standard InChI is InChI=1S/C26H30N2O6/c1-3-18(14-29)28-22(23(30)27-17-10-9-15-7-5-6-8-16(15)13-17)26-12-11-19(34-26)20(21(26)24(28)31)25(32)33-4-2/h5-10,13,18-22,29H,3-4,11-12,14H2,1-2H3,(H,27,30)/t18-,19+,20-,21-,22+,26-/m0/s1. The molecule has 2 bridgehead atoms. The van der Waals surface area contributed by atoms with E-state index in [9.17, 15) is 19.5 Å². The van der Waals surface area contributed by atoms with Gasteiger partial charge in [0.25, 0.3) is 0 Å². The Morgan fingerprint density at radius 1 is 1.24 bits per heavy atom. The molecular formula is C26H30N2O6. The second-order valence-electron chi connectivity index (χ2n) is 9.35. The van der Waals surface area contributed by atoms with Crippen LogP contribution < -0.4 is 5.32 Å². The number of esters is 1. The van der Waals surface area contributed by atoms with E-state index in [0.717, 1.165) is 10.8 Å². The number of amides is 2. The number of nitrogens with zero attached hydrogens (tertiary/aromatic N) is 1. The number of hydrogen-bond acceptors (Lipinski definition) is 6. The minimum absolute atomic E-state index is 0.208. The Morgan fingerprint density at radius 2 is 2.00 bits per heavy atom. The van der Waals surface area contributed by atoms with E-state index < -0.39 is 41.6 Å². The summed E-state index contributed by atoms with van der Waals surface area (Å²) in [7, 11) is 0. The van der Waals surface area contributed by atoms with Crippen LogP contribution in [-0.2, 0) is 23.9 Å². The van der Waals surface area contributed by atoms with Gasteiger partial charge < -0.3 is 24.8 Å². The molecule has 34 heavy (non-hydrogen) atoms. The number of anilines is 1. The maximum atomic E-state index is 13.8. The fraction of sp³-hybridized carbons (Fsp3) is 0.500. The number of benzene rings is 2. The molecule has 3 saturated heterocycles. The minimum Gasteiger partial charge on any atom is -0.466 e. The van der Waals surface area contributed by atoms with Crippen molar-refractivity contribution in [3.05, 3.63) is 42.5 Å². The van der Waals surface area contributed by atoms with Crippen LogP contribution in [0.2, 0.25) is 0 Å². The van der Waals surface area contributed by atoms with Crippen LogP contribution in [0.5, 0.6) is 0 Å². The molecule has 2 aromatic carbocycles. The zero-order chi connectivity index (χ0) is 24.0. The monoisotopic (exact) mass is 466 g/mol. The Bertz CT molecular complexity index is 1130. The number of ether oxygens (including phenoxy) is 2. The molecule has 5 rings (SSSR count). The quantitative estimate of drug-likeness (QED) is 0.608. The lowest BCUT2D eigenvalue weighted by molar-refractivity contribution is -0.155. The third-order valence-corrected chi connectivity index (χ3v) is 7.64. The zero-order valence-electron chi connectivity index (χ0n) is 19.4. The highest BCUT2D eigenvalue weighted by molar-refractivity contribution is 6.04. The summed E-state index contributed by atoms with van der Waals surface area (Å²) in [5.74, 6) is -2.68. The smallest absolute Gasteiger partial charge is 0.312 e. The molecule has 3 fully saturated rings. The molecular weight excluding hydrogens is 436 g/mol. The third-order valence-electron chi connectivity index (χ3n) is 7.64. The van der Waals surface area contributed by atoms with Gasteiger partial charge in [-0.15, -0.1) is 0 Å². The molecule has 6 atom stereocenters. The van der Waals surface area contributed by atoms with Gasteiger partial charge in [0.1, 0.15) is 11.6 Å². The predicted molar refractivity (Wildman–Crippen MR) is 125 cm³/mol. The van der Waals surface area contributed by atoms with E-state index in [2.05, 4.69) is 5.32 Å². The van der Waals surface area contributed by atoms with Crippen molar-refractivity contribution < 1.29 is 29.0 Å². The largest absolute Gasteiger partial charge is 0.466 e. The van der Waals surface area contributed by atoms with E-state index in [-0.39, 0.29) is 25.0 Å². The van der Waals surface area contributed by atoms with Gasteiger partial charge in [-0.2, -0.15) is 0 Å². The normalized spacial score (nSPS) is 30.4. The summed E-state index contributed by atoms with van der Waals surface area (Å²) in [5, 5.41) is 15.1. The summed E-state index contributed by atoms with van der Waals surface area (Å²) >= 11 is 0. The van der Waals surface area contributed by atoms with Crippen molar-refractivity contribution in [1.29, 1.82) is 0 Å². The van der Waals surface area contributed by atoms with Crippen LogP contribution in [-0.4, -0.2) is 64.8 Å². The summed E-state index contributed by atoms with van der Waals surface area (Å²) in [4.78, 5) is 41.8. The Labute approximate surface area is 198 Å². The fourth-order valence-corrected chi connectivity index (χ4v) is 6.18. The zero-order valence-corrected chi connectivity index (χ0v) is 19.4. The first-order valence-electron chi connectivity index (χ1n) is 12.0. The second kappa shape index (κ2) is 8.67. The maximum absolute atomic E-state index is 13.8. The summed E-state index contributed by atoms with van der Waals surface area (Å²) < 4.78 is 11.6. The molecule has 3 heterocycles. The fourth-order valence-electron chi connectivity index (χ4n) is 6.18. The number of nitrogens with one attached hydrogen (secondary N) is 1. The molecule has 0 unspecified atom stereocenters. The first-order valence-corrected chi connectivity index (χ1v) is 12.0. The average molecular weight is 467 g/mol. The Kier molecular flexibility index (Phi) is 5.81. The second-order valence-corrected chi connectivity index (χ2v) is 9.35. The van der Waals surface area contributed by atoms with Crippen molar-refractivity contribution in [1.82, 2.24) is 4.90 Å². The van der Waals surface area contributed by atoms with Crippen LogP contribution in [0.4, 0.5) is 5.69 Å². The number of aliphatic hydroxyl groups is 1. The van der Waals surface area contributed by atoms with E-state index in [0.29, 0.717) is 24.9 Å². The van der Waals surface area contributed by atoms with Crippen molar-refractivity contribution in [2.45, 2.75) is 56.9 Å². The van der Waals surface area contributed by atoms with Crippen LogP contribution in [0, 0.1) is 11.8 Å². The van der Waals surface area contributed by atoms with Gasteiger partial charge in [0.05, 0.1) is 37.2 Å². The SMILES string of the molecule is CCOC(=O)[C@@H]1[C@H]2C(=O)N([C@@H](CC)CO)[C@H](C(=O)Nc3ccc4ccccc4c3)[C@]23CC[C@H]1O3. The van der Waals surface area contributed by atoms with Crippen molar-refractivity contribution in [2.24, 2.45) is 11.8 Å². The highest BCUT2D eigenvalue weighted by Crippen LogP contribution is 2.59. The van der Waals surface area contributed by atoms with Crippen molar-refractivity contribution in [3.8, 4) is 0 Å². The lowest BCUT2D eigenvalue weighted by Gasteiger charge is -2.36. The lowest BCUT2D eigenvalue weighted by Crippen LogP contribution is -2.56. The minimum atomic E-state index is -1.11. The lowest BCUT2D eigenvalue weighted by atomic mass is 9.70. The summed E-state index contributed by atoms with van der Waals surface area (Å²) in [6.45, 7) is 3.51. The molecule has 0 radical (unpaired) electrons. The van der Waals surface area contributed by atoms with Crippen LogP contribution in [0.1, 0.15) is 33.1 Å². The van der Waals surface area contributed by atoms with E-state index in [4.69, 9.17) is 9.47 Å². The van der Waals surface area contributed by atoms with Crippen molar-refractivity contribution >= 4 is 34.2 Å². The van der Waals surface area contributed by atoms with E-state index >= 15 is 0 Å². The highest BCUT2D eigenvalue weighted by Gasteiger charge is 2.75. The van der Waals surface area contributed by atoms with E-state index in [1.54, 1.807) is 6.92 Å². The van der Waals surface area contributed by atoms with Crippen molar-refractivity contribution in [3.63, 3.8) is 0 Å². The van der Waals surface area contributed by atoms with Gasteiger partial charge in [0.15, 0.2) is 0 Å². The van der Waals surface area contributed by atoms with Crippen LogP contribution in [0.3, 0.4) is 0 Å². The number of rotatable bonds is 7. The Hall–Kier alpha value is -2.97. The van der Waals surface area contributed by atoms with Crippen LogP contribution in [0.25, 0.3) is 10.8 Å². The van der Waals surface area contributed by atoms with Crippen molar-refractivity contribution in [2.75, 3.05) is 18.5 Å². The molecule has 0 saturated carbocycles. The van der Waals surface area contributed by atoms with Gasteiger partial charge in [0.2, 0.25) is 11.8 Å². The topological polar surface area (TPSA) is 105 Å². The number of fused-ring (bicyclic) bond motifs is 2. The number of likely N-dealkylation sites (tertiary alicyclic amines) is 1. The van der Waals surface area contributed by atoms with E-state index in [1.807, 2.05) is 49.4 Å². The average Bonchev–Trinajstić information content (AvgIpc) is 3.48. The Balaban J connectivity index is 1.52. The maximum Gasteiger partial charge on any atom is 0.312 e. The molecule has 0 aromatic heterocycles. The molecule has 8 heteroatoms. The molecule has 1 spiro atoms. The molecule has 0 aliphatic carbocycles. The van der Waals surface area contributed by atoms with Gasteiger partial charge >= 0.3 is 5.97 Å². The molecule has 2 amide bonds. The first kappa shape index (κ1) is 22.8. The summed E-state index contributed by atoms with van der Waals surface area (Å²) in [5.41, 5.74) is -0.495. The van der Waals surface area contributed by atoms with E-state index in [1.165, 1.54) is 4.90 Å². The van der Waals surface area contributed by atoms with Gasteiger partial charge in [-0.05, 0) is 49.1 Å². The number of aliphatic hydroxyl groups excluding tert-OH is 1. The number of carbonyl (C=O) groups excluding carboxylic acids is 3. The predicted octanol–water partition coefficient (Wildman–Crippen LogP) is 2.49. The first-order chi connectivity index (χ1) is 16.4. The molecule has 3 aliphatic rings. The molecule has 2 aromatic rings. The summed E-state index contributed by atoms with van der Waals surface area (Å²) in [6.07, 6.45) is 1.10. The number of carbonyl (C=O) groups is 3. The third kappa shape index (κ3) is 3.31. The highest BCUT2D eigenvalue weighted by atomic mass is 16.6. The van der Waals surface area contributed by atoms with Gasteiger partial charge in [-0.25, -0.2) is 0 Å². The van der Waals surface area contributed by atoms with Gasteiger partial charge in [-0.3, -0.25) is 14.4 Å². The van der Waals surface area contributed by atoms with Crippen LogP contribution in [0.15, 0.2) is 42.5 Å². The molecule has 2 N–H and O–H groups in total. The molecule has 8 nitrogen and oxygen atoms in total. The Morgan fingerprint density at radius 3 is 2.71 bits per heavy atom.